The number of anilines is 1. The van der Waals surface area contributed by atoms with Crippen molar-refractivity contribution < 1.29 is 19.3 Å². The third-order valence-corrected chi connectivity index (χ3v) is 4.65. The van der Waals surface area contributed by atoms with Crippen molar-refractivity contribution in [2.75, 3.05) is 18.1 Å². The minimum atomic E-state index is -0.842. The summed E-state index contributed by atoms with van der Waals surface area (Å²) in [6, 6.07) is 10.9. The molecule has 0 bridgehead atoms. The molecule has 0 saturated carbocycles. The summed E-state index contributed by atoms with van der Waals surface area (Å²) in [6.07, 6.45) is 1.86. The summed E-state index contributed by atoms with van der Waals surface area (Å²) in [4.78, 5) is 49.1. The van der Waals surface area contributed by atoms with E-state index in [0.717, 1.165) is 11.0 Å². The Morgan fingerprint density at radius 1 is 1.15 bits per heavy atom. The van der Waals surface area contributed by atoms with E-state index in [0.29, 0.717) is 10.6 Å². The number of para-hydroxylation sites is 1. The lowest BCUT2D eigenvalue weighted by molar-refractivity contribution is -0.385. The van der Waals surface area contributed by atoms with Crippen LogP contribution in [0.5, 0.6) is 0 Å². The van der Waals surface area contributed by atoms with Gasteiger partial charge in [-0.15, -0.1) is 11.8 Å². The number of thioether (sulfide) groups is 1. The van der Waals surface area contributed by atoms with E-state index in [-0.39, 0.29) is 11.1 Å². The lowest BCUT2D eigenvalue weighted by Gasteiger charge is -2.14. The Bertz CT molecular complexity index is 944. The Labute approximate surface area is 152 Å². The molecule has 3 rings (SSSR count). The molecular weight excluding hydrogens is 358 g/mol. The molecule has 0 spiro atoms. The molecule has 1 N–H and O–H groups in total. The zero-order chi connectivity index (χ0) is 18.8. The van der Waals surface area contributed by atoms with E-state index in [1.807, 2.05) is 18.4 Å². The van der Waals surface area contributed by atoms with Gasteiger partial charge in [0.25, 0.3) is 17.5 Å². The Morgan fingerprint density at radius 3 is 2.58 bits per heavy atom. The molecule has 2 aromatic carbocycles. The average Bonchev–Trinajstić information content (AvgIpc) is 2.87. The van der Waals surface area contributed by atoms with Gasteiger partial charge in [0.15, 0.2) is 0 Å². The maximum absolute atomic E-state index is 12.5. The van der Waals surface area contributed by atoms with Crippen LogP contribution in [0.4, 0.5) is 11.4 Å². The van der Waals surface area contributed by atoms with Crippen LogP contribution in [0.25, 0.3) is 0 Å². The lowest BCUT2D eigenvalue weighted by atomic mass is 10.1. The van der Waals surface area contributed by atoms with Gasteiger partial charge in [-0.05, 0) is 24.5 Å². The van der Waals surface area contributed by atoms with Gasteiger partial charge in [0.1, 0.15) is 12.1 Å². The average molecular weight is 371 g/mol. The number of benzene rings is 2. The van der Waals surface area contributed by atoms with E-state index in [9.17, 15) is 24.5 Å². The quantitative estimate of drug-likeness (QED) is 0.374. The van der Waals surface area contributed by atoms with Crippen LogP contribution >= 0.6 is 11.8 Å². The number of fused-ring (bicyclic) bond motifs is 1. The minimum Gasteiger partial charge on any atom is -0.324 e. The summed E-state index contributed by atoms with van der Waals surface area (Å²) in [5, 5.41) is 13.7. The third kappa shape index (κ3) is 3.04. The SMILES string of the molecule is CSc1ccccc1NC(=O)CN1C(=O)c2cccc([N+](=O)[O-])c2C1=O. The van der Waals surface area contributed by atoms with Crippen molar-refractivity contribution in [2.45, 2.75) is 4.90 Å². The Kier molecular flexibility index (Phi) is 4.72. The first kappa shape index (κ1) is 17.6. The fourth-order valence-corrected chi connectivity index (χ4v) is 3.25. The number of carbonyl (C=O) groups is 3. The summed E-state index contributed by atoms with van der Waals surface area (Å²) in [5.41, 5.74) is -0.231. The smallest absolute Gasteiger partial charge is 0.282 e. The standard InChI is InChI=1S/C17H13N3O5S/c1-26-13-8-3-2-6-11(13)18-14(21)9-19-16(22)10-5-4-7-12(20(24)25)15(10)17(19)23/h2-8H,9H2,1H3,(H,18,21). The molecule has 9 heteroatoms. The second kappa shape index (κ2) is 6.96. The van der Waals surface area contributed by atoms with E-state index < -0.39 is 34.9 Å². The van der Waals surface area contributed by atoms with Gasteiger partial charge >= 0.3 is 0 Å². The molecular formula is C17H13N3O5S. The molecule has 0 saturated heterocycles. The normalized spacial score (nSPS) is 12.9. The van der Waals surface area contributed by atoms with Crippen molar-refractivity contribution in [1.29, 1.82) is 0 Å². The predicted octanol–water partition coefficient (Wildman–Crippen LogP) is 2.55. The molecule has 26 heavy (non-hydrogen) atoms. The van der Waals surface area contributed by atoms with Crippen LogP contribution in [0.3, 0.4) is 0 Å². The Balaban J connectivity index is 1.82. The van der Waals surface area contributed by atoms with Crippen LogP contribution < -0.4 is 5.32 Å². The zero-order valence-electron chi connectivity index (χ0n) is 13.6. The molecule has 132 valence electrons. The van der Waals surface area contributed by atoms with E-state index in [4.69, 9.17) is 0 Å². The molecule has 2 aromatic rings. The predicted molar refractivity (Wildman–Crippen MR) is 95.3 cm³/mol. The molecule has 0 fully saturated rings. The summed E-state index contributed by atoms with van der Waals surface area (Å²) in [6.45, 7) is -0.522. The number of amides is 3. The summed E-state index contributed by atoms with van der Waals surface area (Å²) < 4.78 is 0. The highest BCUT2D eigenvalue weighted by molar-refractivity contribution is 7.98. The molecule has 1 heterocycles. The molecule has 0 radical (unpaired) electrons. The van der Waals surface area contributed by atoms with Crippen molar-refractivity contribution in [3.63, 3.8) is 0 Å². The second-order valence-corrected chi connectivity index (χ2v) is 6.25. The van der Waals surface area contributed by atoms with Gasteiger partial charge in [0.05, 0.1) is 16.2 Å². The third-order valence-electron chi connectivity index (χ3n) is 3.86. The molecule has 0 aromatic heterocycles. The van der Waals surface area contributed by atoms with Crippen LogP contribution in [0.15, 0.2) is 47.4 Å². The van der Waals surface area contributed by atoms with Crippen LogP contribution in [-0.2, 0) is 4.79 Å². The lowest BCUT2D eigenvalue weighted by Crippen LogP contribution is -2.37. The van der Waals surface area contributed by atoms with Gasteiger partial charge in [-0.3, -0.25) is 29.4 Å². The van der Waals surface area contributed by atoms with Gasteiger partial charge in [0, 0.05) is 11.0 Å². The highest BCUT2D eigenvalue weighted by Gasteiger charge is 2.41. The number of carbonyl (C=O) groups excluding carboxylic acids is 3. The maximum atomic E-state index is 12.5. The summed E-state index contributed by atoms with van der Waals surface area (Å²) >= 11 is 1.44. The van der Waals surface area contributed by atoms with E-state index in [1.165, 1.54) is 23.9 Å². The first-order chi connectivity index (χ1) is 12.4. The van der Waals surface area contributed by atoms with Crippen LogP contribution in [0.2, 0.25) is 0 Å². The molecule has 0 unspecified atom stereocenters. The van der Waals surface area contributed by atoms with E-state index in [2.05, 4.69) is 5.32 Å². The van der Waals surface area contributed by atoms with Gasteiger partial charge in [-0.2, -0.15) is 0 Å². The first-order valence-corrected chi connectivity index (χ1v) is 8.73. The highest BCUT2D eigenvalue weighted by Crippen LogP contribution is 2.31. The largest absolute Gasteiger partial charge is 0.324 e. The van der Waals surface area contributed by atoms with Gasteiger partial charge in [-0.25, -0.2) is 0 Å². The van der Waals surface area contributed by atoms with Gasteiger partial charge in [-0.1, -0.05) is 18.2 Å². The number of hydrogen-bond donors (Lipinski definition) is 1. The van der Waals surface area contributed by atoms with Crippen molar-refractivity contribution in [3.05, 3.63) is 63.7 Å². The summed E-state index contributed by atoms with van der Waals surface area (Å²) in [7, 11) is 0. The van der Waals surface area contributed by atoms with Crippen molar-refractivity contribution >= 4 is 40.9 Å². The molecule has 3 amide bonds. The highest BCUT2D eigenvalue weighted by atomic mass is 32.2. The fraction of sp³-hybridized carbons (Fsp3) is 0.118. The monoisotopic (exact) mass is 371 g/mol. The molecule has 8 nitrogen and oxygen atoms in total. The Hall–Kier alpha value is -3.20. The van der Waals surface area contributed by atoms with Crippen LogP contribution in [-0.4, -0.2) is 40.3 Å². The van der Waals surface area contributed by atoms with Gasteiger partial charge < -0.3 is 5.32 Å². The first-order valence-electron chi connectivity index (χ1n) is 7.50. The fourth-order valence-electron chi connectivity index (χ4n) is 2.69. The van der Waals surface area contributed by atoms with Gasteiger partial charge in [0.2, 0.25) is 5.91 Å². The van der Waals surface area contributed by atoms with Crippen molar-refractivity contribution in [3.8, 4) is 0 Å². The molecule has 1 aliphatic heterocycles. The summed E-state index contributed by atoms with van der Waals surface area (Å²) in [5.74, 6) is -2.13. The number of nitro benzene ring substituents is 1. The number of hydrogen-bond acceptors (Lipinski definition) is 6. The number of nitro groups is 1. The number of nitrogens with zero attached hydrogens (tertiary/aromatic N) is 2. The Morgan fingerprint density at radius 2 is 1.88 bits per heavy atom. The molecule has 0 atom stereocenters. The number of rotatable bonds is 5. The number of nitrogens with one attached hydrogen (secondary N) is 1. The molecule has 0 aliphatic carbocycles. The minimum absolute atomic E-state index is 0.0680. The number of imide groups is 1. The maximum Gasteiger partial charge on any atom is 0.282 e. The van der Waals surface area contributed by atoms with Crippen molar-refractivity contribution in [2.24, 2.45) is 0 Å². The molecule has 1 aliphatic rings. The second-order valence-electron chi connectivity index (χ2n) is 5.40. The van der Waals surface area contributed by atoms with Crippen molar-refractivity contribution in [1.82, 2.24) is 4.90 Å². The topological polar surface area (TPSA) is 110 Å². The van der Waals surface area contributed by atoms with Crippen LogP contribution in [0.1, 0.15) is 20.7 Å². The van der Waals surface area contributed by atoms with Crippen LogP contribution in [0, 0.1) is 10.1 Å². The zero-order valence-corrected chi connectivity index (χ0v) is 14.4. The van der Waals surface area contributed by atoms with E-state index in [1.54, 1.807) is 12.1 Å². The van der Waals surface area contributed by atoms with E-state index >= 15 is 0 Å².